The Bertz CT molecular complexity index is 626. The lowest BCUT2D eigenvalue weighted by Gasteiger charge is -2.09. The first-order valence-corrected chi connectivity index (χ1v) is 7.59. The number of carbonyl (C=O) groups is 1. The van der Waals surface area contributed by atoms with Gasteiger partial charge in [0.15, 0.2) is 0 Å². The molecule has 4 heteroatoms. The average Bonchev–Trinajstić information content (AvgIpc) is 2.51. The topological polar surface area (TPSA) is 62.2 Å². The van der Waals surface area contributed by atoms with Crippen LogP contribution in [0.3, 0.4) is 0 Å². The summed E-state index contributed by atoms with van der Waals surface area (Å²) in [4.78, 5) is 14.8. The summed E-state index contributed by atoms with van der Waals surface area (Å²) in [7, 11) is 0. The highest BCUT2D eigenvalue weighted by atomic mass is 16.4. The van der Waals surface area contributed by atoms with Crippen LogP contribution in [0.2, 0.25) is 0 Å². The third-order valence-electron chi connectivity index (χ3n) is 3.65. The number of carboxylic acids is 1. The molecule has 0 fully saturated rings. The van der Waals surface area contributed by atoms with Crippen LogP contribution in [0.5, 0.6) is 0 Å². The van der Waals surface area contributed by atoms with Crippen molar-refractivity contribution in [2.24, 2.45) is 0 Å². The highest BCUT2D eigenvalue weighted by Crippen LogP contribution is 2.13. The first kappa shape index (κ1) is 16.0. The summed E-state index contributed by atoms with van der Waals surface area (Å²) in [6.45, 7) is 2.99. The van der Waals surface area contributed by atoms with Crippen molar-refractivity contribution in [1.29, 1.82) is 0 Å². The molecule has 2 N–H and O–H groups in total. The quantitative estimate of drug-likeness (QED) is 0.733. The van der Waals surface area contributed by atoms with Gasteiger partial charge in [-0.05, 0) is 61.1 Å². The molecule has 1 aromatic carbocycles. The van der Waals surface area contributed by atoms with Crippen molar-refractivity contribution in [3.8, 4) is 0 Å². The summed E-state index contributed by atoms with van der Waals surface area (Å²) < 4.78 is 0. The largest absolute Gasteiger partial charge is 0.481 e. The first-order chi connectivity index (χ1) is 10.6. The Labute approximate surface area is 131 Å². The van der Waals surface area contributed by atoms with Gasteiger partial charge in [-0.3, -0.25) is 9.78 Å². The smallest absolute Gasteiger partial charge is 0.303 e. The van der Waals surface area contributed by atoms with Crippen molar-refractivity contribution in [3.05, 3.63) is 59.4 Å². The van der Waals surface area contributed by atoms with E-state index in [1.54, 1.807) is 0 Å². The van der Waals surface area contributed by atoms with Crippen LogP contribution >= 0.6 is 0 Å². The molecule has 0 radical (unpaired) electrons. The van der Waals surface area contributed by atoms with Crippen LogP contribution in [0.15, 0.2) is 42.7 Å². The molecule has 2 aromatic rings. The van der Waals surface area contributed by atoms with E-state index in [1.807, 2.05) is 42.7 Å². The fourth-order valence-corrected chi connectivity index (χ4v) is 2.36. The summed E-state index contributed by atoms with van der Waals surface area (Å²) in [5, 5.41) is 12.1. The molecular weight excluding hydrogens is 276 g/mol. The Balaban J connectivity index is 1.78. The van der Waals surface area contributed by atoms with Crippen LogP contribution in [0.25, 0.3) is 0 Å². The third kappa shape index (κ3) is 5.20. The number of hydrogen-bond donors (Lipinski definition) is 2. The highest BCUT2D eigenvalue weighted by molar-refractivity contribution is 5.67. The Morgan fingerprint density at radius 1 is 1.27 bits per heavy atom. The number of nitrogens with zero attached hydrogens (tertiary/aromatic N) is 1. The van der Waals surface area contributed by atoms with Crippen molar-refractivity contribution in [2.75, 3.05) is 11.9 Å². The lowest BCUT2D eigenvalue weighted by molar-refractivity contribution is -0.136. The van der Waals surface area contributed by atoms with Gasteiger partial charge in [-0.2, -0.15) is 0 Å². The minimum absolute atomic E-state index is 0.170. The maximum Gasteiger partial charge on any atom is 0.303 e. The fraction of sp³-hybridized carbons (Fsp3) is 0.333. The average molecular weight is 298 g/mol. The normalized spacial score (nSPS) is 10.4. The summed E-state index contributed by atoms with van der Waals surface area (Å²) in [6.07, 6.45) is 6.53. The van der Waals surface area contributed by atoms with E-state index >= 15 is 0 Å². The van der Waals surface area contributed by atoms with Gasteiger partial charge in [0.05, 0.1) is 0 Å². The number of anilines is 1. The second-order valence-corrected chi connectivity index (χ2v) is 5.43. The van der Waals surface area contributed by atoms with E-state index < -0.39 is 5.97 Å². The van der Waals surface area contributed by atoms with E-state index in [0.717, 1.165) is 30.6 Å². The number of benzene rings is 1. The van der Waals surface area contributed by atoms with Gasteiger partial charge < -0.3 is 10.4 Å². The highest BCUT2D eigenvalue weighted by Gasteiger charge is 2.01. The zero-order valence-electron chi connectivity index (χ0n) is 12.9. The predicted octanol–water partition coefficient (Wildman–Crippen LogP) is 3.45. The Morgan fingerprint density at radius 2 is 2.14 bits per heavy atom. The summed E-state index contributed by atoms with van der Waals surface area (Å²) in [5.41, 5.74) is 4.67. The molecule has 22 heavy (non-hydrogen) atoms. The van der Waals surface area contributed by atoms with Gasteiger partial charge in [0.1, 0.15) is 0 Å². The molecule has 4 nitrogen and oxygen atoms in total. The second-order valence-electron chi connectivity index (χ2n) is 5.43. The van der Waals surface area contributed by atoms with E-state index in [2.05, 4.69) is 17.2 Å². The van der Waals surface area contributed by atoms with Crippen LogP contribution < -0.4 is 5.32 Å². The van der Waals surface area contributed by atoms with Gasteiger partial charge in [0, 0.05) is 31.0 Å². The molecule has 0 aliphatic rings. The molecule has 0 spiro atoms. The van der Waals surface area contributed by atoms with Crippen molar-refractivity contribution in [2.45, 2.75) is 32.6 Å². The summed E-state index contributed by atoms with van der Waals surface area (Å²) in [6, 6.07) is 10.0. The zero-order chi connectivity index (χ0) is 15.8. The molecule has 0 saturated heterocycles. The number of aromatic nitrogens is 1. The molecule has 0 aliphatic carbocycles. The monoisotopic (exact) mass is 298 g/mol. The lowest BCUT2D eigenvalue weighted by Crippen LogP contribution is -2.04. The van der Waals surface area contributed by atoms with Gasteiger partial charge in [0.25, 0.3) is 0 Å². The number of hydrogen-bond acceptors (Lipinski definition) is 3. The molecule has 2 rings (SSSR count). The Hall–Kier alpha value is -2.36. The fourth-order valence-electron chi connectivity index (χ4n) is 2.36. The van der Waals surface area contributed by atoms with Gasteiger partial charge in [-0.25, -0.2) is 0 Å². The second kappa shape index (κ2) is 8.17. The molecule has 1 aromatic heterocycles. The van der Waals surface area contributed by atoms with Gasteiger partial charge in [-0.1, -0.05) is 12.1 Å². The van der Waals surface area contributed by atoms with Gasteiger partial charge >= 0.3 is 5.97 Å². The van der Waals surface area contributed by atoms with Crippen LogP contribution in [0, 0.1) is 6.92 Å². The van der Waals surface area contributed by atoms with Crippen molar-refractivity contribution >= 4 is 11.7 Å². The van der Waals surface area contributed by atoms with Crippen LogP contribution in [-0.2, 0) is 17.6 Å². The van der Waals surface area contributed by atoms with Crippen LogP contribution in [-0.4, -0.2) is 22.6 Å². The number of aliphatic carboxylic acids is 1. The molecule has 0 bridgehead atoms. The molecule has 0 saturated carbocycles. The molecule has 0 atom stereocenters. The zero-order valence-corrected chi connectivity index (χ0v) is 12.9. The number of nitrogens with one attached hydrogen (secondary N) is 1. The molecule has 0 aliphatic heterocycles. The third-order valence-corrected chi connectivity index (χ3v) is 3.65. The minimum atomic E-state index is -0.759. The van der Waals surface area contributed by atoms with E-state index in [1.165, 1.54) is 11.1 Å². The van der Waals surface area contributed by atoms with Crippen LogP contribution in [0.1, 0.15) is 29.5 Å². The number of aryl methyl sites for hydroxylation is 3. The van der Waals surface area contributed by atoms with Crippen molar-refractivity contribution < 1.29 is 9.90 Å². The predicted molar refractivity (Wildman–Crippen MR) is 88.2 cm³/mol. The Morgan fingerprint density at radius 3 is 2.91 bits per heavy atom. The number of carboxylic acid groups (broad SMARTS) is 1. The maximum absolute atomic E-state index is 10.6. The molecule has 116 valence electrons. The maximum atomic E-state index is 10.6. The first-order valence-electron chi connectivity index (χ1n) is 7.59. The number of pyridine rings is 1. The van der Waals surface area contributed by atoms with Crippen molar-refractivity contribution in [3.63, 3.8) is 0 Å². The minimum Gasteiger partial charge on any atom is -0.481 e. The van der Waals surface area contributed by atoms with E-state index in [9.17, 15) is 4.79 Å². The van der Waals surface area contributed by atoms with Crippen LogP contribution in [0.4, 0.5) is 5.69 Å². The van der Waals surface area contributed by atoms with E-state index in [-0.39, 0.29) is 6.42 Å². The Kier molecular flexibility index (Phi) is 5.95. The molecule has 1 heterocycles. The summed E-state index contributed by atoms with van der Waals surface area (Å²) in [5.74, 6) is -0.759. The van der Waals surface area contributed by atoms with E-state index in [0.29, 0.717) is 6.42 Å². The SMILES string of the molecule is Cc1ccncc1CCCNc1cccc(CCC(=O)O)c1. The van der Waals surface area contributed by atoms with Gasteiger partial charge in [0.2, 0.25) is 0 Å². The molecular formula is C18H22N2O2. The summed E-state index contributed by atoms with van der Waals surface area (Å²) >= 11 is 0. The lowest BCUT2D eigenvalue weighted by atomic mass is 10.1. The van der Waals surface area contributed by atoms with Gasteiger partial charge in [-0.15, -0.1) is 0 Å². The molecule has 0 amide bonds. The van der Waals surface area contributed by atoms with E-state index in [4.69, 9.17) is 5.11 Å². The number of rotatable bonds is 8. The van der Waals surface area contributed by atoms with Crippen molar-refractivity contribution in [1.82, 2.24) is 4.98 Å². The molecule has 0 unspecified atom stereocenters. The standard InChI is InChI=1S/C18H22N2O2/c1-14-9-11-19-13-16(14)5-3-10-20-17-6-2-4-15(12-17)7-8-18(21)22/h2,4,6,9,11-13,20H,3,5,7-8,10H2,1H3,(H,21,22).